The number of aromatic amines is 1. The van der Waals surface area contributed by atoms with Crippen LogP contribution in [-0.2, 0) is 22.4 Å². The number of ether oxygens (including phenoxy) is 2. The number of morpholine rings is 2. The number of halogens is 1. The van der Waals surface area contributed by atoms with E-state index in [1.807, 2.05) is 9.80 Å². The quantitative estimate of drug-likeness (QED) is 0.583. The lowest BCUT2D eigenvalue weighted by Gasteiger charge is -2.37. The van der Waals surface area contributed by atoms with E-state index in [1.165, 1.54) is 11.1 Å². The molecule has 9 nitrogen and oxygen atoms in total. The zero-order valence-corrected chi connectivity index (χ0v) is 19.6. The summed E-state index contributed by atoms with van der Waals surface area (Å²) < 4.78 is 11.2. The molecule has 178 valence electrons. The van der Waals surface area contributed by atoms with Crippen LogP contribution in [0.25, 0.3) is 22.4 Å². The van der Waals surface area contributed by atoms with Gasteiger partial charge < -0.3 is 29.6 Å². The smallest absolute Gasteiger partial charge is 0.320 e. The summed E-state index contributed by atoms with van der Waals surface area (Å²) in [5, 5.41) is 4.15. The average Bonchev–Trinajstić information content (AvgIpc) is 3.28. The number of rotatable bonds is 2. The van der Waals surface area contributed by atoms with Crippen molar-refractivity contribution in [2.45, 2.75) is 19.0 Å². The minimum atomic E-state index is 0.0634. The van der Waals surface area contributed by atoms with E-state index in [4.69, 9.17) is 26.1 Å². The third-order valence-corrected chi connectivity index (χ3v) is 7.14. The predicted octanol–water partition coefficient (Wildman–Crippen LogP) is 2.75. The van der Waals surface area contributed by atoms with E-state index in [-0.39, 0.29) is 12.1 Å². The maximum absolute atomic E-state index is 13.2. The number of aromatic nitrogens is 3. The van der Waals surface area contributed by atoms with Gasteiger partial charge in [-0.3, -0.25) is 0 Å². The molecule has 2 amide bonds. The second kappa shape index (κ2) is 9.14. The molecule has 34 heavy (non-hydrogen) atoms. The van der Waals surface area contributed by atoms with Crippen molar-refractivity contribution >= 4 is 28.8 Å². The van der Waals surface area contributed by atoms with Gasteiger partial charge in [0.05, 0.1) is 49.4 Å². The van der Waals surface area contributed by atoms with E-state index in [0.717, 1.165) is 29.8 Å². The average molecular weight is 483 g/mol. The van der Waals surface area contributed by atoms with Crippen LogP contribution in [0.2, 0.25) is 5.02 Å². The normalized spacial score (nSPS) is 21.0. The van der Waals surface area contributed by atoms with Crippen molar-refractivity contribution in [1.29, 1.82) is 0 Å². The summed E-state index contributed by atoms with van der Waals surface area (Å²) in [5.74, 6) is 0. The molecule has 5 heterocycles. The Morgan fingerprint density at radius 2 is 2.00 bits per heavy atom. The van der Waals surface area contributed by atoms with Gasteiger partial charge in [-0.05, 0) is 35.2 Å². The van der Waals surface area contributed by atoms with Gasteiger partial charge in [-0.15, -0.1) is 0 Å². The molecule has 2 saturated heterocycles. The highest BCUT2D eigenvalue weighted by Gasteiger charge is 2.30. The van der Waals surface area contributed by atoms with Crippen LogP contribution in [0, 0.1) is 0 Å². The molecule has 6 rings (SSSR count). The zero-order chi connectivity index (χ0) is 23.1. The van der Waals surface area contributed by atoms with Crippen LogP contribution >= 0.6 is 11.6 Å². The van der Waals surface area contributed by atoms with E-state index < -0.39 is 0 Å². The minimum absolute atomic E-state index is 0.0634. The maximum atomic E-state index is 13.2. The zero-order valence-electron chi connectivity index (χ0n) is 18.8. The third kappa shape index (κ3) is 4.02. The molecule has 3 aliphatic rings. The second-order valence-electron chi connectivity index (χ2n) is 8.93. The molecule has 0 bridgehead atoms. The van der Waals surface area contributed by atoms with E-state index in [0.29, 0.717) is 68.8 Å². The van der Waals surface area contributed by atoms with Gasteiger partial charge in [-0.25, -0.2) is 14.8 Å². The number of carbonyl (C=O) groups is 1. The monoisotopic (exact) mass is 482 g/mol. The maximum Gasteiger partial charge on any atom is 0.320 e. The van der Waals surface area contributed by atoms with Crippen LogP contribution in [-0.4, -0.2) is 83.4 Å². The molecule has 0 radical (unpaired) electrons. The highest BCUT2D eigenvalue weighted by molar-refractivity contribution is 6.34. The molecular formula is C24H27ClN6O3. The Kier molecular flexibility index (Phi) is 5.86. The van der Waals surface area contributed by atoms with Crippen molar-refractivity contribution in [2.24, 2.45) is 0 Å². The summed E-state index contributed by atoms with van der Waals surface area (Å²) in [5.41, 5.74) is 6.73. The van der Waals surface area contributed by atoms with Crippen LogP contribution in [0.1, 0.15) is 22.7 Å². The number of H-pyrrole nitrogens is 1. The Balaban J connectivity index is 1.37. The standard InChI is InChI=1S/C24H27ClN6O3/c25-19-11-27-23-22(19)29-20(12-28-23)16-9-15-1-3-31(24(32)30-4-7-33-8-5-30)13-18(15)17(10-16)21-14-34-6-2-26-21/h9-12,21,26H,1-8,13-14H2,(H,27,28). The van der Waals surface area contributed by atoms with Crippen LogP contribution in [0.5, 0.6) is 0 Å². The number of urea groups is 1. The number of fused-ring (bicyclic) bond motifs is 2. The number of hydrogen-bond donors (Lipinski definition) is 2. The fourth-order valence-electron chi connectivity index (χ4n) is 5.04. The van der Waals surface area contributed by atoms with Crippen molar-refractivity contribution in [3.8, 4) is 11.3 Å². The summed E-state index contributed by atoms with van der Waals surface area (Å²) in [6, 6.07) is 4.52. The summed E-state index contributed by atoms with van der Waals surface area (Å²) >= 11 is 6.30. The fourth-order valence-corrected chi connectivity index (χ4v) is 5.23. The molecule has 2 N–H and O–H groups in total. The summed E-state index contributed by atoms with van der Waals surface area (Å²) in [6.07, 6.45) is 4.28. The number of hydrogen-bond acceptors (Lipinski definition) is 6. The Labute approximate surface area is 202 Å². The largest absolute Gasteiger partial charge is 0.378 e. The number of amides is 2. The SMILES string of the molecule is O=C(N1CCOCC1)N1CCc2cc(-c3cnc4[nH]cc(Cl)c4n3)cc(C3COCCN3)c2C1. The van der Waals surface area contributed by atoms with Gasteiger partial charge in [-0.2, -0.15) is 0 Å². The lowest BCUT2D eigenvalue weighted by Crippen LogP contribution is -2.49. The molecule has 2 fully saturated rings. The van der Waals surface area contributed by atoms with Crippen molar-refractivity contribution in [1.82, 2.24) is 30.1 Å². The molecule has 1 aromatic carbocycles. The van der Waals surface area contributed by atoms with Crippen LogP contribution in [0.3, 0.4) is 0 Å². The lowest BCUT2D eigenvalue weighted by molar-refractivity contribution is 0.0420. The van der Waals surface area contributed by atoms with E-state index in [1.54, 1.807) is 12.4 Å². The van der Waals surface area contributed by atoms with Crippen molar-refractivity contribution in [2.75, 3.05) is 52.6 Å². The third-order valence-electron chi connectivity index (χ3n) is 6.86. The highest BCUT2D eigenvalue weighted by atomic mass is 35.5. The number of nitrogens with one attached hydrogen (secondary N) is 2. The van der Waals surface area contributed by atoms with E-state index in [9.17, 15) is 4.79 Å². The molecular weight excluding hydrogens is 456 g/mol. The summed E-state index contributed by atoms with van der Waals surface area (Å²) in [6.45, 7) is 5.88. The molecule has 3 aliphatic heterocycles. The Morgan fingerprint density at radius 1 is 1.12 bits per heavy atom. The number of carbonyl (C=O) groups excluding carboxylic acids is 1. The fraction of sp³-hybridized carbons (Fsp3) is 0.458. The topological polar surface area (TPSA) is 95.6 Å². The van der Waals surface area contributed by atoms with Crippen molar-refractivity contribution in [3.05, 3.63) is 46.2 Å². The summed E-state index contributed by atoms with van der Waals surface area (Å²) in [7, 11) is 0. The van der Waals surface area contributed by atoms with E-state index >= 15 is 0 Å². The lowest BCUT2D eigenvalue weighted by atomic mass is 9.88. The van der Waals surface area contributed by atoms with Gasteiger partial charge in [0.2, 0.25) is 0 Å². The number of nitrogens with zero attached hydrogens (tertiary/aromatic N) is 4. The van der Waals surface area contributed by atoms with Crippen LogP contribution in [0.4, 0.5) is 4.79 Å². The van der Waals surface area contributed by atoms with Gasteiger partial charge in [-0.1, -0.05) is 11.6 Å². The van der Waals surface area contributed by atoms with Gasteiger partial charge >= 0.3 is 6.03 Å². The first kappa shape index (κ1) is 21.8. The van der Waals surface area contributed by atoms with Crippen molar-refractivity contribution < 1.29 is 14.3 Å². The molecule has 10 heteroatoms. The number of benzene rings is 1. The van der Waals surface area contributed by atoms with Gasteiger partial charge in [0.25, 0.3) is 0 Å². The molecule has 0 saturated carbocycles. The first-order valence-electron chi connectivity index (χ1n) is 11.8. The Hall–Kier alpha value is -2.72. The van der Waals surface area contributed by atoms with Crippen LogP contribution < -0.4 is 5.32 Å². The van der Waals surface area contributed by atoms with E-state index in [2.05, 4.69) is 27.4 Å². The van der Waals surface area contributed by atoms with Gasteiger partial charge in [0.15, 0.2) is 5.65 Å². The molecule has 3 aromatic rings. The van der Waals surface area contributed by atoms with Crippen LogP contribution in [0.15, 0.2) is 24.5 Å². The molecule has 1 unspecified atom stereocenters. The molecule has 0 aliphatic carbocycles. The van der Waals surface area contributed by atoms with Crippen molar-refractivity contribution in [3.63, 3.8) is 0 Å². The van der Waals surface area contributed by atoms with Gasteiger partial charge in [0, 0.05) is 44.5 Å². The summed E-state index contributed by atoms with van der Waals surface area (Å²) in [4.78, 5) is 29.4. The Morgan fingerprint density at radius 3 is 2.82 bits per heavy atom. The first-order valence-corrected chi connectivity index (χ1v) is 12.1. The minimum Gasteiger partial charge on any atom is -0.378 e. The molecule has 2 aromatic heterocycles. The predicted molar refractivity (Wildman–Crippen MR) is 128 cm³/mol. The second-order valence-corrected chi connectivity index (χ2v) is 9.33. The highest BCUT2D eigenvalue weighted by Crippen LogP contribution is 2.34. The molecule has 0 spiro atoms. The first-order chi connectivity index (χ1) is 16.7. The van der Waals surface area contributed by atoms with Gasteiger partial charge in [0.1, 0.15) is 5.52 Å². The molecule has 1 atom stereocenters. The Bertz CT molecular complexity index is 1220.